The predicted octanol–water partition coefficient (Wildman–Crippen LogP) is 13.1. The van der Waals surface area contributed by atoms with Crippen LogP contribution in [0.1, 0.15) is 161 Å². The summed E-state index contributed by atoms with van der Waals surface area (Å²) in [7, 11) is 0. The highest BCUT2D eigenvalue weighted by Crippen LogP contribution is 2.43. The van der Waals surface area contributed by atoms with Crippen LogP contribution >= 0.6 is 12.4 Å². The van der Waals surface area contributed by atoms with E-state index in [1.54, 1.807) is 89.4 Å². The maximum absolute atomic E-state index is 15.1. The lowest BCUT2D eigenvalue weighted by atomic mass is 9.79. The predicted molar refractivity (Wildman–Crippen MR) is 396 cm³/mol. The fourth-order valence-electron chi connectivity index (χ4n) is 14.1. The number of H-pyrrole nitrogens is 1. The quantitative estimate of drug-likeness (QED) is 0.0226. The number of nitrogens with two attached hydrogens (primary N) is 2. The molecule has 0 saturated heterocycles. The molecule has 105 heavy (non-hydrogen) atoms. The van der Waals surface area contributed by atoms with Gasteiger partial charge in [-0.3, -0.25) is 58.7 Å². The van der Waals surface area contributed by atoms with Crippen molar-refractivity contribution in [2.45, 2.75) is 129 Å². The van der Waals surface area contributed by atoms with Crippen LogP contribution in [0.15, 0.2) is 174 Å². The summed E-state index contributed by atoms with van der Waals surface area (Å²) < 4.78 is 48.3. The number of nitrogens with one attached hydrogen (secondary N) is 3. The molecule has 5 atom stereocenters. The zero-order chi connectivity index (χ0) is 73.0. The molecular weight excluding hydrogens is 1360 g/mol. The van der Waals surface area contributed by atoms with Gasteiger partial charge < -0.3 is 11.5 Å². The van der Waals surface area contributed by atoms with Gasteiger partial charge in [0.2, 0.25) is 23.6 Å². The van der Waals surface area contributed by atoms with Crippen LogP contribution in [0.4, 0.5) is 24.7 Å². The molecule has 0 spiro atoms. The number of hydrogen-bond donors (Lipinski definition) is 5. The summed E-state index contributed by atoms with van der Waals surface area (Å²) in [5.74, 6) is -2.73. The Balaban J connectivity index is 0.000000154. The lowest BCUT2D eigenvalue weighted by Crippen LogP contribution is -2.40. The number of ketones is 2. The van der Waals surface area contributed by atoms with Gasteiger partial charge in [-0.1, -0.05) is 93.1 Å². The second kappa shape index (κ2) is 31.8. The number of aromatic nitrogens is 8. The number of carbonyl (C=O) groups excluding carboxylic acids is 6. The number of nitrogens with zero attached hydrogens (tertiary/aromatic N) is 7. The number of rotatable bonds is 23. The highest BCUT2D eigenvalue weighted by atomic mass is 35.5. The number of anilines is 2. The number of Topliss-reactive ketones (excluding diaryl/α,β-unsaturated/α-hetero) is 2. The average Bonchev–Trinajstić information content (AvgIpc) is 1.78. The van der Waals surface area contributed by atoms with Crippen LogP contribution in [0.3, 0.4) is 0 Å². The summed E-state index contributed by atoms with van der Waals surface area (Å²) in [6.07, 6.45) is 22.9. The van der Waals surface area contributed by atoms with Crippen LogP contribution in [0.5, 0.6) is 0 Å². The average molecular weight is 1440 g/mol. The topological polar surface area (TPSA) is 295 Å². The SMILES string of the molecule is Cc1cc(C(=O)Cc2cc(C(CCC3CC3)C3C=CC(=O)NC3=O)ccc2F)n(-c2ccc3ccnc(C)c3c2)n1.Cc1cc(C(=O)Cc2cc(C(CCC3CC3)C3C=CC(=O)NC3=O)ccc2F)n(-c2ccc3ccnc(N)c3c2)n1.Cl.Nc1cc(C(CCC2CC2)n2ccc(=O)[nH]c2=O)ccc1F. The van der Waals surface area contributed by atoms with Crippen molar-refractivity contribution in [2.24, 2.45) is 29.6 Å². The maximum atomic E-state index is 15.1. The first-order valence-corrected chi connectivity index (χ1v) is 35.3. The summed E-state index contributed by atoms with van der Waals surface area (Å²) in [5.41, 5.74) is 18.0. The van der Waals surface area contributed by atoms with Crippen molar-refractivity contribution in [3.63, 3.8) is 0 Å². The Labute approximate surface area is 609 Å². The number of nitrogen functional groups attached to an aromatic ring is 2. The molecule has 3 fully saturated rings. The van der Waals surface area contributed by atoms with Crippen LogP contribution in [-0.2, 0) is 32.0 Å². The Morgan fingerprint density at radius 1 is 0.533 bits per heavy atom. The number of aromatic amines is 1. The summed E-state index contributed by atoms with van der Waals surface area (Å²) in [6, 6.07) is 33.7. The van der Waals surface area contributed by atoms with Crippen molar-refractivity contribution in [3.8, 4) is 11.4 Å². The molecule has 2 aliphatic heterocycles. The van der Waals surface area contributed by atoms with Gasteiger partial charge in [-0.15, -0.1) is 12.4 Å². The Hall–Kier alpha value is -11.2. The van der Waals surface area contributed by atoms with E-state index in [9.17, 15) is 42.7 Å². The third-order valence-electron chi connectivity index (χ3n) is 20.3. The first-order valence-electron chi connectivity index (χ1n) is 35.3. The smallest absolute Gasteiger partial charge is 0.328 e. The molecule has 5 unspecified atom stereocenters. The highest BCUT2D eigenvalue weighted by molar-refractivity contribution is 6.06. The van der Waals surface area contributed by atoms with E-state index in [1.165, 1.54) is 85.7 Å². The van der Waals surface area contributed by atoms with Crippen LogP contribution in [0.25, 0.3) is 32.9 Å². The van der Waals surface area contributed by atoms with Crippen molar-refractivity contribution in [1.82, 2.24) is 49.7 Å². The van der Waals surface area contributed by atoms with Gasteiger partial charge in [0.25, 0.3) is 5.56 Å². The number of halogens is 4. The normalized spacial score (nSPS) is 17.0. The van der Waals surface area contributed by atoms with E-state index in [0.717, 1.165) is 88.1 Å². The van der Waals surface area contributed by atoms with Crippen molar-refractivity contribution >= 4 is 80.7 Å². The third-order valence-corrected chi connectivity index (χ3v) is 20.3. The molecule has 540 valence electrons. The minimum absolute atomic E-state index is 0. The van der Waals surface area contributed by atoms with E-state index in [2.05, 4.69) is 35.8 Å². The molecule has 10 aromatic rings. The largest absolute Gasteiger partial charge is 0.396 e. The van der Waals surface area contributed by atoms with Gasteiger partial charge in [-0.2, -0.15) is 10.2 Å². The summed E-state index contributed by atoms with van der Waals surface area (Å²) >= 11 is 0. The number of fused-ring (bicyclic) bond motifs is 2. The van der Waals surface area contributed by atoms with Gasteiger partial charge in [0.1, 0.15) is 34.7 Å². The number of hydrogen-bond acceptors (Lipinski definition) is 14. The molecule has 3 saturated carbocycles. The van der Waals surface area contributed by atoms with Gasteiger partial charge in [-0.25, -0.2) is 32.3 Å². The first-order chi connectivity index (χ1) is 50.1. The summed E-state index contributed by atoms with van der Waals surface area (Å²) in [6.45, 7) is 5.55. The molecule has 20 nitrogen and oxygen atoms in total. The van der Waals surface area contributed by atoms with Gasteiger partial charge in [-0.05, 0) is 200 Å². The molecule has 24 heteroatoms. The first kappa shape index (κ1) is 73.5. The number of imide groups is 2. The molecule has 0 bridgehead atoms. The van der Waals surface area contributed by atoms with Gasteiger partial charge in [0.05, 0.1) is 46.3 Å². The molecule has 7 heterocycles. The van der Waals surface area contributed by atoms with Crippen molar-refractivity contribution < 1.29 is 41.9 Å². The Morgan fingerprint density at radius 3 is 1.49 bits per heavy atom. The van der Waals surface area contributed by atoms with Crippen molar-refractivity contribution in [1.29, 1.82) is 0 Å². The van der Waals surface area contributed by atoms with Crippen LogP contribution in [0, 0.1) is 67.8 Å². The number of carbonyl (C=O) groups is 6. The molecule has 3 aliphatic carbocycles. The van der Waals surface area contributed by atoms with Gasteiger partial charge in [0.15, 0.2) is 11.6 Å². The van der Waals surface area contributed by atoms with E-state index in [-0.39, 0.29) is 83.3 Å². The van der Waals surface area contributed by atoms with E-state index in [1.807, 2.05) is 62.4 Å². The molecule has 5 aromatic heterocycles. The zero-order valence-corrected chi connectivity index (χ0v) is 59.0. The standard InChI is InChI=1S/C33H31FN4O3.C32H30FN5O3.C16H18FN3O2.ClH/c1-19-15-30(38(37-19)25-8-6-22-13-14-35-20(2)28(22)18-25)31(39)17-24-16-23(7-11-29(24)34)26(9-5-21-3-4-21)27-10-12-32(40)36-33(27)41;1-18-14-28(38(37-18)23-7-5-20-12-13-35-31(34)26(20)17-23)29(39)16-22-15-21(6-10-27(22)33)24(8-4-19-2-3-19)25-9-11-30(40)36-32(25)41;17-12-5-4-11(9-13(12)18)14(6-3-10-1-2-10)20-8-7-15(21)19-16(20)22;/h6-8,10-16,18,21,26-27H,3-5,9,17H2,1-2H3,(H,36,40,41);5-7,9-15,17,19,24-25H,2-4,8,16H2,1H3,(H2,34,35)(H,36,40,41);4-5,7-10,14H,1-3,6,18H2,(H,19,21,22);1H. The Morgan fingerprint density at radius 2 is 1.00 bits per heavy atom. The van der Waals surface area contributed by atoms with Gasteiger partial charge in [0, 0.05) is 66.1 Å². The van der Waals surface area contributed by atoms with Crippen LogP contribution in [-0.4, -0.2) is 74.3 Å². The number of pyridine rings is 2. The number of benzene rings is 5. The fourth-order valence-corrected chi connectivity index (χ4v) is 14.1. The Bertz CT molecular complexity index is 4970. The molecule has 5 aliphatic rings. The Kier molecular flexibility index (Phi) is 22.3. The molecule has 4 amide bonds. The second-order valence-corrected chi connectivity index (χ2v) is 28.0. The zero-order valence-electron chi connectivity index (χ0n) is 58.2. The van der Waals surface area contributed by atoms with Crippen molar-refractivity contribution in [2.75, 3.05) is 11.5 Å². The monoisotopic (exact) mass is 1440 g/mol. The molecule has 0 radical (unpaired) electrons. The third kappa shape index (κ3) is 17.5. The minimum Gasteiger partial charge on any atom is -0.396 e. The fraction of sp³-hybridized carbons (Fsp3) is 0.309. The van der Waals surface area contributed by atoms with Crippen molar-refractivity contribution in [3.05, 3.63) is 259 Å². The number of amides is 4. The van der Waals surface area contributed by atoms with Gasteiger partial charge >= 0.3 is 5.69 Å². The second-order valence-electron chi connectivity index (χ2n) is 28.0. The lowest BCUT2D eigenvalue weighted by Gasteiger charge is -2.27. The summed E-state index contributed by atoms with van der Waals surface area (Å²) in [5, 5.41) is 17.6. The highest BCUT2D eigenvalue weighted by Gasteiger charge is 2.36. The lowest BCUT2D eigenvalue weighted by molar-refractivity contribution is -0.132. The van der Waals surface area contributed by atoms with E-state index < -0.39 is 52.4 Å². The van der Waals surface area contributed by atoms with E-state index in [4.69, 9.17) is 11.5 Å². The summed E-state index contributed by atoms with van der Waals surface area (Å²) in [4.78, 5) is 110. The number of aryl methyl sites for hydroxylation is 3. The maximum Gasteiger partial charge on any atom is 0.328 e. The van der Waals surface area contributed by atoms with Crippen LogP contribution < -0.4 is 33.3 Å². The minimum atomic E-state index is -0.542. The van der Waals surface area contributed by atoms with E-state index >= 15 is 8.78 Å². The van der Waals surface area contributed by atoms with Crippen LogP contribution in [0.2, 0.25) is 0 Å². The van der Waals surface area contributed by atoms with E-state index in [0.29, 0.717) is 52.0 Å². The molecular formula is C81H80ClF3N12O8. The molecule has 15 rings (SSSR count). The molecule has 5 aromatic carbocycles. The molecule has 7 N–H and O–H groups in total.